The highest BCUT2D eigenvalue weighted by Gasteiger charge is 2.27. The van der Waals surface area contributed by atoms with Crippen LogP contribution in [0.4, 0.5) is 10.5 Å². The number of amidine groups is 1. The fraction of sp³-hybridized carbons (Fsp3) is 0.346. The van der Waals surface area contributed by atoms with Gasteiger partial charge < -0.3 is 25.8 Å². The molecule has 3 rings (SSSR count). The third kappa shape index (κ3) is 8.36. The van der Waals surface area contributed by atoms with Crippen molar-refractivity contribution in [1.82, 2.24) is 4.90 Å². The predicted octanol–water partition coefficient (Wildman–Crippen LogP) is 2.96. The average Bonchev–Trinajstić information content (AvgIpc) is 2.88. The highest BCUT2D eigenvalue weighted by Crippen LogP contribution is 2.32. The van der Waals surface area contributed by atoms with Crippen molar-refractivity contribution in [1.29, 1.82) is 5.41 Å². The molecule has 0 atom stereocenters. The molecule has 0 aromatic heterocycles. The number of nitrogen functional groups attached to an aromatic ring is 1. The first-order chi connectivity index (χ1) is 18.5. The molecule has 0 saturated carbocycles. The van der Waals surface area contributed by atoms with E-state index in [9.17, 15) is 18.0 Å². The second-order valence-corrected chi connectivity index (χ2v) is 11.1. The highest BCUT2D eigenvalue weighted by molar-refractivity contribution is 7.93. The number of esters is 1. The lowest BCUT2D eigenvalue weighted by atomic mass is 10.1. The normalized spacial score (nSPS) is 14.3. The largest absolute Gasteiger partial charge is 0.489 e. The van der Waals surface area contributed by atoms with Crippen LogP contribution in [0.5, 0.6) is 5.75 Å². The number of nitrogens with one attached hydrogen (secondary N) is 1. The first kappa shape index (κ1) is 29.8. The summed E-state index contributed by atoms with van der Waals surface area (Å²) in [6.07, 6.45) is 4.29. The molecule has 2 amide bonds. The van der Waals surface area contributed by atoms with Crippen molar-refractivity contribution in [2.45, 2.75) is 25.9 Å². The predicted molar refractivity (Wildman–Crippen MR) is 151 cm³/mol. The van der Waals surface area contributed by atoms with Gasteiger partial charge in [-0.1, -0.05) is 42.0 Å². The van der Waals surface area contributed by atoms with Crippen molar-refractivity contribution in [2.24, 2.45) is 11.5 Å². The molecule has 1 heterocycles. The van der Waals surface area contributed by atoms with Crippen LogP contribution in [-0.2, 0) is 19.6 Å². The number of nitrogens with two attached hydrogens (primary N) is 2. The first-order valence-electron chi connectivity index (χ1n) is 12.3. The number of halogens is 1. The molecule has 0 radical (unpaired) electrons. The number of hydrogen-bond donors (Lipinski definition) is 3. The van der Waals surface area contributed by atoms with Crippen LogP contribution in [0.1, 0.15) is 30.9 Å². The number of hydrogen-bond acceptors (Lipinski definition) is 7. The minimum absolute atomic E-state index is 0.0526. The van der Waals surface area contributed by atoms with Gasteiger partial charge in [-0.25, -0.2) is 13.2 Å². The summed E-state index contributed by atoms with van der Waals surface area (Å²) in [5.74, 6) is -1.42. The van der Waals surface area contributed by atoms with Crippen LogP contribution in [0.3, 0.4) is 0 Å². The fourth-order valence-electron chi connectivity index (χ4n) is 4.02. The van der Waals surface area contributed by atoms with E-state index in [1.165, 1.54) is 6.07 Å². The molecular formula is C26H32ClN5O6S. The third-order valence-electron chi connectivity index (χ3n) is 5.97. The number of ether oxygens (including phenoxy) is 2. The highest BCUT2D eigenvalue weighted by atomic mass is 35.5. The Bertz CT molecular complexity index is 1340. The van der Waals surface area contributed by atoms with E-state index in [-0.39, 0.29) is 35.8 Å². The SMILES string of the molecule is CCOC(=O)CS(=O)(=O)N(C/C=C/c1cccc(C(=N)N)c1)c1ccc(OC2CCN(C(N)=O)CC2)c(Cl)c1. The number of anilines is 1. The van der Waals surface area contributed by atoms with E-state index in [1.807, 2.05) is 0 Å². The minimum Gasteiger partial charge on any atom is -0.489 e. The average molecular weight is 578 g/mol. The van der Waals surface area contributed by atoms with Crippen LogP contribution < -0.4 is 20.5 Å². The van der Waals surface area contributed by atoms with Gasteiger partial charge in [0.25, 0.3) is 0 Å². The van der Waals surface area contributed by atoms with E-state index in [2.05, 4.69) is 0 Å². The summed E-state index contributed by atoms with van der Waals surface area (Å²) in [7, 11) is -4.14. The lowest BCUT2D eigenvalue weighted by molar-refractivity contribution is -0.139. The van der Waals surface area contributed by atoms with Crippen LogP contribution in [0.2, 0.25) is 5.02 Å². The summed E-state index contributed by atoms with van der Waals surface area (Å²) in [5.41, 5.74) is 12.4. The number of amides is 2. The number of benzene rings is 2. The fourth-order valence-corrected chi connectivity index (χ4v) is 5.52. The van der Waals surface area contributed by atoms with Gasteiger partial charge in [0.05, 0.1) is 23.9 Å². The van der Waals surface area contributed by atoms with Crippen molar-refractivity contribution in [3.8, 4) is 5.75 Å². The van der Waals surface area contributed by atoms with Gasteiger partial charge >= 0.3 is 12.0 Å². The summed E-state index contributed by atoms with van der Waals surface area (Å²) in [6, 6.07) is 11.0. The summed E-state index contributed by atoms with van der Waals surface area (Å²) < 4.78 is 38.4. The molecule has 11 nitrogen and oxygen atoms in total. The molecule has 210 valence electrons. The summed E-state index contributed by atoms with van der Waals surface area (Å²) in [4.78, 5) is 24.9. The van der Waals surface area contributed by atoms with E-state index in [4.69, 9.17) is 38.0 Å². The molecule has 2 aromatic carbocycles. The Morgan fingerprint density at radius 3 is 2.51 bits per heavy atom. The number of rotatable bonds is 11. The molecule has 0 aliphatic carbocycles. The van der Waals surface area contributed by atoms with Gasteiger partial charge in [-0.2, -0.15) is 0 Å². The quantitative estimate of drug-likeness (QED) is 0.209. The summed E-state index contributed by atoms with van der Waals surface area (Å²) in [5, 5.41) is 7.79. The first-order valence-corrected chi connectivity index (χ1v) is 14.3. The molecule has 39 heavy (non-hydrogen) atoms. The van der Waals surface area contributed by atoms with E-state index in [0.29, 0.717) is 37.2 Å². The zero-order valence-electron chi connectivity index (χ0n) is 21.5. The Kier molecular flexibility index (Phi) is 10.2. The molecule has 1 aliphatic rings. The van der Waals surface area contributed by atoms with Crippen molar-refractivity contribution in [3.05, 3.63) is 64.7 Å². The number of likely N-dealkylation sites (tertiary alicyclic amines) is 1. The van der Waals surface area contributed by atoms with Gasteiger partial charge in [0.2, 0.25) is 10.0 Å². The number of piperidine rings is 1. The van der Waals surface area contributed by atoms with Crippen molar-refractivity contribution in [2.75, 3.05) is 36.3 Å². The molecule has 0 unspecified atom stereocenters. The van der Waals surface area contributed by atoms with Crippen LogP contribution in [0, 0.1) is 5.41 Å². The minimum atomic E-state index is -4.14. The summed E-state index contributed by atoms with van der Waals surface area (Å²) >= 11 is 6.48. The maximum Gasteiger partial charge on any atom is 0.323 e. The second-order valence-electron chi connectivity index (χ2n) is 8.79. The van der Waals surface area contributed by atoms with Gasteiger partial charge in [0.15, 0.2) is 5.75 Å². The summed E-state index contributed by atoms with van der Waals surface area (Å²) in [6.45, 7) is 2.48. The lowest BCUT2D eigenvalue weighted by Gasteiger charge is -2.31. The Hall–Kier alpha value is -3.77. The number of nitrogens with zero attached hydrogens (tertiary/aromatic N) is 2. The monoisotopic (exact) mass is 577 g/mol. The second kappa shape index (κ2) is 13.3. The van der Waals surface area contributed by atoms with Crippen molar-refractivity contribution < 1.29 is 27.5 Å². The zero-order valence-corrected chi connectivity index (χ0v) is 23.1. The Labute approximate surface area is 232 Å². The van der Waals surface area contributed by atoms with Crippen LogP contribution in [-0.4, -0.2) is 69.3 Å². The lowest BCUT2D eigenvalue weighted by Crippen LogP contribution is -2.44. The van der Waals surface area contributed by atoms with Crippen LogP contribution in [0.25, 0.3) is 6.08 Å². The number of urea groups is 1. The van der Waals surface area contributed by atoms with Gasteiger partial charge in [-0.15, -0.1) is 0 Å². The van der Waals surface area contributed by atoms with Crippen molar-refractivity contribution >= 4 is 51.2 Å². The van der Waals surface area contributed by atoms with Crippen molar-refractivity contribution in [3.63, 3.8) is 0 Å². The molecule has 5 N–H and O–H groups in total. The third-order valence-corrected chi connectivity index (χ3v) is 7.90. The smallest absolute Gasteiger partial charge is 0.323 e. The van der Waals surface area contributed by atoms with Gasteiger partial charge in [-0.05, 0) is 36.8 Å². The number of carbonyl (C=O) groups excluding carboxylic acids is 2. The zero-order chi connectivity index (χ0) is 28.6. The molecule has 1 fully saturated rings. The Morgan fingerprint density at radius 2 is 1.90 bits per heavy atom. The van der Waals surface area contributed by atoms with Gasteiger partial charge in [0.1, 0.15) is 17.7 Å². The number of carbonyl (C=O) groups is 2. The molecule has 0 bridgehead atoms. The molecule has 0 spiro atoms. The molecular weight excluding hydrogens is 546 g/mol. The topological polar surface area (TPSA) is 169 Å². The molecule has 13 heteroatoms. The Morgan fingerprint density at radius 1 is 1.18 bits per heavy atom. The number of sulfonamides is 1. The number of primary amides is 1. The molecule has 1 aliphatic heterocycles. The van der Waals surface area contributed by atoms with E-state index >= 15 is 0 Å². The van der Waals surface area contributed by atoms with E-state index in [1.54, 1.807) is 60.4 Å². The van der Waals surface area contributed by atoms with Crippen LogP contribution >= 0.6 is 11.6 Å². The van der Waals surface area contributed by atoms with Crippen LogP contribution in [0.15, 0.2) is 48.5 Å². The van der Waals surface area contributed by atoms with Gasteiger partial charge in [-0.3, -0.25) is 14.5 Å². The van der Waals surface area contributed by atoms with E-state index < -0.39 is 27.8 Å². The maximum atomic E-state index is 13.2. The van der Waals surface area contributed by atoms with Gasteiger partial charge in [0, 0.05) is 31.5 Å². The van der Waals surface area contributed by atoms with E-state index in [0.717, 1.165) is 9.87 Å². The Balaban J connectivity index is 1.82. The standard InChI is InChI=1S/C26H32ClN5O6S/c1-2-37-24(33)17-39(35,36)32(12-4-6-18-5-3-7-19(15-18)25(28)29)20-8-9-23(22(27)16-20)38-21-10-13-31(14-11-21)26(30)34/h3-9,15-16,21H,2,10-14,17H2,1H3,(H3,28,29)(H2,30,34)/b6-4+. The molecule has 2 aromatic rings. The maximum absolute atomic E-state index is 13.2. The molecule has 1 saturated heterocycles.